The highest BCUT2D eigenvalue weighted by Gasteiger charge is 2.32. The summed E-state index contributed by atoms with van der Waals surface area (Å²) in [7, 11) is 2.29. The zero-order valence-corrected chi connectivity index (χ0v) is 10.1. The molecule has 0 amide bonds. The molecule has 0 aliphatic carbocycles. The average molecular weight is 254 g/mol. The number of rotatable bonds is 2. The molecule has 2 heteroatoms. The van der Waals surface area contributed by atoms with E-state index >= 15 is 0 Å². The van der Waals surface area contributed by atoms with Crippen molar-refractivity contribution in [3.63, 3.8) is 0 Å². The first kappa shape index (κ1) is 11.5. The molecule has 2 rings (SSSR count). The largest absolute Gasteiger partial charge is 1.00 e. The second-order valence-electron chi connectivity index (χ2n) is 3.97. The van der Waals surface area contributed by atoms with Crippen LogP contribution in [0.1, 0.15) is 5.56 Å². The van der Waals surface area contributed by atoms with Gasteiger partial charge in [0.05, 0.1) is 13.6 Å². The van der Waals surface area contributed by atoms with Gasteiger partial charge in [0.15, 0.2) is 0 Å². The normalized spacial score (nSPS) is 23.8. The van der Waals surface area contributed by atoms with Crippen LogP contribution in [0.4, 0.5) is 5.69 Å². The molecule has 0 fully saturated rings. The van der Waals surface area contributed by atoms with Gasteiger partial charge in [0.25, 0.3) is 0 Å². The van der Waals surface area contributed by atoms with Crippen LogP contribution in [0.2, 0.25) is 0 Å². The molecule has 1 aliphatic rings. The van der Waals surface area contributed by atoms with Crippen LogP contribution in [-0.2, 0) is 6.42 Å². The monoisotopic (exact) mass is 253 g/mol. The molecular formula is C12H16BrN. The first-order chi connectivity index (χ1) is 6.26. The van der Waals surface area contributed by atoms with Crippen LogP contribution in [-0.4, -0.2) is 20.1 Å². The van der Waals surface area contributed by atoms with Crippen molar-refractivity contribution < 1.29 is 17.0 Å². The number of fused-ring (bicyclic) bond motifs is 1. The summed E-state index contributed by atoms with van der Waals surface area (Å²) < 4.78 is 1.03. The second-order valence-corrected chi connectivity index (χ2v) is 3.97. The van der Waals surface area contributed by atoms with Crippen molar-refractivity contribution in [1.82, 2.24) is 4.48 Å². The molecule has 0 spiro atoms. The molecule has 0 N–H and O–H groups in total. The van der Waals surface area contributed by atoms with Gasteiger partial charge in [0, 0.05) is 12.0 Å². The third-order valence-electron chi connectivity index (χ3n) is 2.98. The average Bonchev–Trinajstić information content (AvgIpc) is 2.46. The smallest absolute Gasteiger partial charge is 0.136 e. The number of quaternary nitrogens is 1. The van der Waals surface area contributed by atoms with Gasteiger partial charge in [-0.05, 0) is 12.1 Å². The maximum absolute atomic E-state index is 3.83. The molecule has 1 heterocycles. The Labute approximate surface area is 96.4 Å². The first-order valence-electron chi connectivity index (χ1n) is 4.80. The summed E-state index contributed by atoms with van der Waals surface area (Å²) in [5.41, 5.74) is 2.98. The van der Waals surface area contributed by atoms with Crippen LogP contribution < -0.4 is 21.5 Å². The zero-order valence-electron chi connectivity index (χ0n) is 8.54. The SMILES string of the molecule is C=CC[N+]1(C)CCc2ccccc21.[Br-]. The van der Waals surface area contributed by atoms with Crippen molar-refractivity contribution in [2.24, 2.45) is 0 Å². The standard InChI is InChI=1S/C12H16N.BrH/c1-3-9-13(2)10-8-11-6-4-5-7-12(11)13;/h3-7H,1,8-10H2,2H3;1H/q+1;/p-1. The number of nitrogens with zero attached hydrogens (tertiary/aromatic N) is 1. The van der Waals surface area contributed by atoms with Crippen molar-refractivity contribution in [3.05, 3.63) is 42.5 Å². The van der Waals surface area contributed by atoms with Crippen molar-refractivity contribution >= 4 is 5.69 Å². The van der Waals surface area contributed by atoms with Gasteiger partial charge in [-0.3, -0.25) is 4.48 Å². The number of para-hydroxylation sites is 1. The minimum atomic E-state index is 0. The van der Waals surface area contributed by atoms with Crippen LogP contribution in [0.5, 0.6) is 0 Å². The lowest BCUT2D eigenvalue weighted by Crippen LogP contribution is -3.00. The summed E-state index contributed by atoms with van der Waals surface area (Å²) in [5.74, 6) is 0. The topological polar surface area (TPSA) is 0 Å². The second kappa shape index (κ2) is 4.28. The van der Waals surface area contributed by atoms with E-state index in [1.165, 1.54) is 24.2 Å². The molecule has 14 heavy (non-hydrogen) atoms. The highest BCUT2D eigenvalue weighted by atomic mass is 79.9. The van der Waals surface area contributed by atoms with E-state index in [-0.39, 0.29) is 17.0 Å². The van der Waals surface area contributed by atoms with Crippen LogP contribution >= 0.6 is 0 Å². The molecule has 1 aliphatic heterocycles. The highest BCUT2D eigenvalue weighted by Crippen LogP contribution is 2.32. The van der Waals surface area contributed by atoms with Crippen molar-refractivity contribution in [2.45, 2.75) is 6.42 Å². The number of likely N-dealkylation sites (N-methyl/N-ethyl adjacent to an activating group) is 1. The summed E-state index contributed by atoms with van der Waals surface area (Å²) in [6.45, 7) is 6.08. The lowest BCUT2D eigenvalue weighted by Gasteiger charge is -2.28. The van der Waals surface area contributed by atoms with E-state index in [2.05, 4.69) is 37.9 Å². The third kappa shape index (κ3) is 1.77. The Kier molecular flexibility index (Phi) is 3.51. The van der Waals surface area contributed by atoms with Gasteiger partial charge in [-0.15, -0.1) is 0 Å². The van der Waals surface area contributed by atoms with Crippen LogP contribution in [0.25, 0.3) is 0 Å². The fraction of sp³-hybridized carbons (Fsp3) is 0.333. The maximum atomic E-state index is 3.83. The fourth-order valence-corrected chi connectivity index (χ4v) is 2.21. The van der Waals surface area contributed by atoms with E-state index in [1.807, 2.05) is 6.08 Å². The van der Waals surface area contributed by atoms with Crippen LogP contribution in [0.3, 0.4) is 0 Å². The molecule has 0 aromatic heterocycles. The summed E-state index contributed by atoms with van der Waals surface area (Å²) in [6.07, 6.45) is 3.22. The van der Waals surface area contributed by atoms with Crippen LogP contribution in [0.15, 0.2) is 36.9 Å². The lowest BCUT2D eigenvalue weighted by atomic mass is 10.2. The fourth-order valence-electron chi connectivity index (χ4n) is 2.21. The highest BCUT2D eigenvalue weighted by molar-refractivity contribution is 5.54. The van der Waals surface area contributed by atoms with E-state index < -0.39 is 0 Å². The molecule has 0 bridgehead atoms. The Balaban J connectivity index is 0.000000980. The summed E-state index contributed by atoms with van der Waals surface area (Å²) >= 11 is 0. The van der Waals surface area contributed by atoms with E-state index in [4.69, 9.17) is 0 Å². The van der Waals surface area contributed by atoms with Gasteiger partial charge < -0.3 is 17.0 Å². The van der Waals surface area contributed by atoms with Crippen molar-refractivity contribution in [3.8, 4) is 0 Å². The molecular weight excluding hydrogens is 238 g/mol. The predicted molar refractivity (Wildman–Crippen MR) is 57.8 cm³/mol. The Morgan fingerprint density at radius 2 is 2.14 bits per heavy atom. The summed E-state index contributed by atoms with van der Waals surface area (Å²) in [5, 5.41) is 0. The maximum Gasteiger partial charge on any atom is 0.136 e. The Bertz CT molecular complexity index is 335. The molecule has 0 saturated carbocycles. The van der Waals surface area contributed by atoms with Crippen molar-refractivity contribution in [1.29, 1.82) is 0 Å². The molecule has 0 saturated heterocycles. The molecule has 76 valence electrons. The molecule has 1 nitrogen and oxygen atoms in total. The molecule has 1 atom stereocenters. The number of halogens is 1. The number of hydrogen-bond acceptors (Lipinski definition) is 0. The summed E-state index contributed by atoms with van der Waals surface area (Å²) in [4.78, 5) is 0. The third-order valence-corrected chi connectivity index (χ3v) is 2.98. The predicted octanol–water partition coefficient (Wildman–Crippen LogP) is -0.630. The van der Waals surface area contributed by atoms with Gasteiger partial charge in [0.1, 0.15) is 12.2 Å². The van der Waals surface area contributed by atoms with Gasteiger partial charge in [-0.25, -0.2) is 0 Å². The first-order valence-corrected chi connectivity index (χ1v) is 4.80. The molecule has 1 unspecified atom stereocenters. The van der Waals surface area contributed by atoms with E-state index in [0.29, 0.717) is 0 Å². The molecule has 1 aromatic rings. The van der Waals surface area contributed by atoms with E-state index in [1.54, 1.807) is 0 Å². The van der Waals surface area contributed by atoms with Crippen molar-refractivity contribution in [2.75, 3.05) is 20.1 Å². The van der Waals surface area contributed by atoms with Gasteiger partial charge >= 0.3 is 0 Å². The number of benzene rings is 1. The Hall–Kier alpha value is -0.600. The van der Waals surface area contributed by atoms with Gasteiger partial charge in [-0.1, -0.05) is 24.8 Å². The Morgan fingerprint density at radius 3 is 2.86 bits per heavy atom. The van der Waals surface area contributed by atoms with Gasteiger partial charge in [0.2, 0.25) is 0 Å². The van der Waals surface area contributed by atoms with E-state index in [9.17, 15) is 0 Å². The van der Waals surface area contributed by atoms with Gasteiger partial charge in [-0.2, -0.15) is 0 Å². The molecule has 1 aromatic carbocycles. The quantitative estimate of drug-likeness (QED) is 0.487. The zero-order chi connectivity index (χ0) is 9.31. The Morgan fingerprint density at radius 1 is 1.43 bits per heavy atom. The molecule has 0 radical (unpaired) electrons. The minimum Gasteiger partial charge on any atom is -1.00 e. The summed E-state index contributed by atoms with van der Waals surface area (Å²) in [6, 6.07) is 8.74. The van der Waals surface area contributed by atoms with E-state index in [0.717, 1.165) is 11.0 Å². The minimum absolute atomic E-state index is 0. The lowest BCUT2D eigenvalue weighted by molar-refractivity contribution is -0.00000274. The number of hydrogen-bond donors (Lipinski definition) is 0. The van der Waals surface area contributed by atoms with Crippen LogP contribution in [0, 0.1) is 0 Å².